The first-order valence-electron chi connectivity index (χ1n) is 5.22. The molecule has 0 unspecified atom stereocenters. The molecule has 0 aromatic heterocycles. The summed E-state index contributed by atoms with van der Waals surface area (Å²) in [6.07, 6.45) is 2.38. The van der Waals surface area contributed by atoms with Crippen LogP contribution in [0.3, 0.4) is 0 Å². The molecule has 1 aromatic rings. The summed E-state index contributed by atoms with van der Waals surface area (Å²) in [5, 5.41) is 0.670. The summed E-state index contributed by atoms with van der Waals surface area (Å²) in [5.74, 6) is 0.560. The second-order valence-corrected chi connectivity index (χ2v) is 5.49. The SMILES string of the molecule is C/C(N)=C(/c1cc(Cl)c(Br)cc1N)C1CC1. The molecule has 1 saturated carbocycles. The first-order chi connectivity index (χ1) is 7.50. The van der Waals surface area contributed by atoms with E-state index in [4.69, 9.17) is 23.1 Å². The van der Waals surface area contributed by atoms with Crippen LogP contribution in [0.5, 0.6) is 0 Å². The smallest absolute Gasteiger partial charge is 0.0555 e. The fourth-order valence-corrected chi connectivity index (χ4v) is 2.45. The maximum Gasteiger partial charge on any atom is 0.0555 e. The van der Waals surface area contributed by atoms with Gasteiger partial charge in [-0.1, -0.05) is 11.6 Å². The third-order valence-corrected chi connectivity index (χ3v) is 3.99. The van der Waals surface area contributed by atoms with Crippen molar-refractivity contribution in [1.29, 1.82) is 0 Å². The molecule has 2 nitrogen and oxygen atoms in total. The number of allylic oxidation sites excluding steroid dienone is 2. The third kappa shape index (κ3) is 2.20. The van der Waals surface area contributed by atoms with Crippen LogP contribution >= 0.6 is 27.5 Å². The number of rotatable bonds is 2. The van der Waals surface area contributed by atoms with Gasteiger partial charge in [-0.05, 0) is 59.3 Å². The Morgan fingerprint density at radius 2 is 2.06 bits per heavy atom. The van der Waals surface area contributed by atoms with E-state index in [9.17, 15) is 0 Å². The van der Waals surface area contributed by atoms with Gasteiger partial charge in [0.2, 0.25) is 0 Å². The highest BCUT2D eigenvalue weighted by Gasteiger charge is 2.29. The van der Waals surface area contributed by atoms with E-state index in [-0.39, 0.29) is 0 Å². The summed E-state index contributed by atoms with van der Waals surface area (Å²) in [6.45, 7) is 1.92. The van der Waals surface area contributed by atoms with Crippen molar-refractivity contribution in [3.63, 3.8) is 0 Å². The highest BCUT2D eigenvalue weighted by Crippen LogP contribution is 2.45. The number of benzene rings is 1. The molecule has 0 bridgehead atoms. The average Bonchev–Trinajstić information content (AvgIpc) is 2.97. The predicted molar refractivity (Wildman–Crippen MR) is 73.1 cm³/mol. The van der Waals surface area contributed by atoms with Crippen LogP contribution in [0.4, 0.5) is 5.69 Å². The van der Waals surface area contributed by atoms with E-state index in [0.717, 1.165) is 27.0 Å². The summed E-state index contributed by atoms with van der Waals surface area (Å²) in [6, 6.07) is 3.73. The lowest BCUT2D eigenvalue weighted by Crippen LogP contribution is -2.03. The molecule has 4 heteroatoms. The maximum atomic E-state index is 6.09. The van der Waals surface area contributed by atoms with E-state index in [1.54, 1.807) is 0 Å². The van der Waals surface area contributed by atoms with Gasteiger partial charge in [-0.2, -0.15) is 0 Å². The largest absolute Gasteiger partial charge is 0.402 e. The van der Waals surface area contributed by atoms with E-state index < -0.39 is 0 Å². The molecule has 1 aromatic carbocycles. The molecule has 1 aliphatic carbocycles. The molecule has 1 fully saturated rings. The zero-order chi connectivity index (χ0) is 11.9. The van der Waals surface area contributed by atoms with Gasteiger partial charge in [0, 0.05) is 21.4 Å². The minimum atomic E-state index is 0.560. The molecule has 1 aliphatic rings. The highest BCUT2D eigenvalue weighted by atomic mass is 79.9. The Hall–Kier alpha value is -0.670. The molecule has 0 aliphatic heterocycles. The third-order valence-electron chi connectivity index (χ3n) is 2.79. The minimum absolute atomic E-state index is 0.560. The van der Waals surface area contributed by atoms with Gasteiger partial charge in [-0.15, -0.1) is 0 Å². The number of nitrogens with two attached hydrogens (primary N) is 2. The van der Waals surface area contributed by atoms with Crippen molar-refractivity contribution in [2.75, 3.05) is 5.73 Å². The number of halogens is 2. The monoisotopic (exact) mass is 300 g/mol. The van der Waals surface area contributed by atoms with Crippen LogP contribution in [0.15, 0.2) is 22.3 Å². The molecule has 0 amide bonds. The minimum Gasteiger partial charge on any atom is -0.402 e. The Balaban J connectivity index is 2.54. The summed E-state index contributed by atoms with van der Waals surface area (Å²) < 4.78 is 0.820. The van der Waals surface area contributed by atoms with E-state index >= 15 is 0 Å². The Bertz CT molecular complexity index is 460. The van der Waals surface area contributed by atoms with Crippen molar-refractivity contribution in [1.82, 2.24) is 0 Å². The van der Waals surface area contributed by atoms with Crippen molar-refractivity contribution >= 4 is 38.8 Å². The van der Waals surface area contributed by atoms with Gasteiger partial charge in [0.25, 0.3) is 0 Å². The molecule has 2 rings (SSSR count). The van der Waals surface area contributed by atoms with Crippen molar-refractivity contribution in [2.24, 2.45) is 11.7 Å². The zero-order valence-corrected chi connectivity index (χ0v) is 11.4. The van der Waals surface area contributed by atoms with Gasteiger partial charge in [-0.3, -0.25) is 0 Å². The molecule has 0 spiro atoms. The van der Waals surface area contributed by atoms with Crippen LogP contribution < -0.4 is 11.5 Å². The average molecular weight is 302 g/mol. The number of anilines is 1. The van der Waals surface area contributed by atoms with Crippen molar-refractivity contribution in [3.8, 4) is 0 Å². The van der Waals surface area contributed by atoms with Gasteiger partial charge in [0.15, 0.2) is 0 Å². The molecule has 0 radical (unpaired) electrons. The quantitative estimate of drug-likeness (QED) is 0.817. The van der Waals surface area contributed by atoms with E-state index in [0.29, 0.717) is 10.9 Å². The zero-order valence-electron chi connectivity index (χ0n) is 9.06. The number of nitrogen functional groups attached to an aromatic ring is 1. The Morgan fingerprint density at radius 3 is 2.56 bits per heavy atom. The van der Waals surface area contributed by atoms with Crippen LogP contribution in [0.2, 0.25) is 5.02 Å². The number of hydrogen-bond acceptors (Lipinski definition) is 2. The first-order valence-corrected chi connectivity index (χ1v) is 6.39. The van der Waals surface area contributed by atoms with E-state index in [2.05, 4.69) is 15.9 Å². The molecule has 4 N–H and O–H groups in total. The lowest BCUT2D eigenvalue weighted by Gasteiger charge is -2.13. The van der Waals surface area contributed by atoms with Gasteiger partial charge in [-0.25, -0.2) is 0 Å². The molecule has 0 heterocycles. The molecule has 0 atom stereocenters. The lowest BCUT2D eigenvalue weighted by atomic mass is 9.98. The number of hydrogen-bond donors (Lipinski definition) is 2. The van der Waals surface area contributed by atoms with E-state index in [1.807, 2.05) is 19.1 Å². The van der Waals surface area contributed by atoms with Crippen LogP contribution in [-0.2, 0) is 0 Å². The highest BCUT2D eigenvalue weighted by molar-refractivity contribution is 9.10. The summed E-state index contributed by atoms with van der Waals surface area (Å²) in [4.78, 5) is 0. The standard InChI is InChI=1S/C12H14BrClN2/c1-6(15)12(7-2-3-7)8-4-10(14)9(13)5-11(8)16/h4-5,7H,2-3,15-16H2,1H3/b12-6-. The second-order valence-electron chi connectivity index (χ2n) is 4.22. The van der Waals surface area contributed by atoms with Crippen molar-refractivity contribution < 1.29 is 0 Å². The Labute approximate surface area is 109 Å². The first kappa shape index (κ1) is 11.8. The summed E-state index contributed by atoms with van der Waals surface area (Å²) in [5.41, 5.74) is 15.7. The van der Waals surface area contributed by atoms with Gasteiger partial charge in [0.05, 0.1) is 5.02 Å². The molecular formula is C12H14BrClN2. The summed E-state index contributed by atoms with van der Waals surface area (Å²) in [7, 11) is 0. The van der Waals surface area contributed by atoms with E-state index in [1.165, 1.54) is 12.8 Å². The lowest BCUT2D eigenvalue weighted by molar-refractivity contribution is 1.10. The van der Waals surface area contributed by atoms with Crippen LogP contribution in [0.1, 0.15) is 25.3 Å². The van der Waals surface area contributed by atoms with Crippen LogP contribution in [-0.4, -0.2) is 0 Å². The van der Waals surface area contributed by atoms with Crippen LogP contribution in [0.25, 0.3) is 5.57 Å². The fraction of sp³-hybridized carbons (Fsp3) is 0.333. The topological polar surface area (TPSA) is 52.0 Å². The Morgan fingerprint density at radius 1 is 1.44 bits per heavy atom. The molecular weight excluding hydrogens is 288 g/mol. The van der Waals surface area contributed by atoms with Crippen LogP contribution in [0, 0.1) is 5.92 Å². The van der Waals surface area contributed by atoms with Gasteiger partial charge < -0.3 is 11.5 Å². The normalized spacial score (nSPS) is 17.2. The fourth-order valence-electron chi connectivity index (χ4n) is 1.92. The molecule has 0 saturated heterocycles. The van der Waals surface area contributed by atoms with Gasteiger partial charge in [0.1, 0.15) is 0 Å². The van der Waals surface area contributed by atoms with Crippen molar-refractivity contribution in [3.05, 3.63) is 32.9 Å². The molecule has 86 valence electrons. The Kier molecular flexibility index (Phi) is 3.17. The van der Waals surface area contributed by atoms with Crippen molar-refractivity contribution in [2.45, 2.75) is 19.8 Å². The summed E-state index contributed by atoms with van der Waals surface area (Å²) >= 11 is 9.45. The predicted octanol–water partition coefficient (Wildman–Crippen LogP) is 3.78. The van der Waals surface area contributed by atoms with Gasteiger partial charge >= 0.3 is 0 Å². The molecule has 16 heavy (non-hydrogen) atoms. The maximum absolute atomic E-state index is 6.09. The second kappa shape index (κ2) is 4.30.